The molecule has 6 heteroatoms. The zero-order chi connectivity index (χ0) is 14.3. The molecule has 5 nitrogen and oxygen atoms in total. The van der Waals surface area contributed by atoms with E-state index in [4.69, 9.17) is 0 Å². The Bertz CT molecular complexity index is 784. The number of aromatic hydroxyl groups is 1. The van der Waals surface area contributed by atoms with Crippen molar-refractivity contribution in [1.29, 1.82) is 0 Å². The number of aliphatic imine (C=N–C) groups is 1. The van der Waals surface area contributed by atoms with Crippen LogP contribution in [0, 0.1) is 0 Å². The van der Waals surface area contributed by atoms with Crippen molar-refractivity contribution in [2.75, 3.05) is 0 Å². The minimum atomic E-state index is -0.166. The molecule has 0 saturated carbocycles. The molecule has 0 bridgehead atoms. The van der Waals surface area contributed by atoms with Gasteiger partial charge in [-0.15, -0.1) is 0 Å². The van der Waals surface area contributed by atoms with Gasteiger partial charge in [-0.25, -0.2) is 0 Å². The molecule has 102 valence electrons. The summed E-state index contributed by atoms with van der Waals surface area (Å²) in [6.07, 6.45) is 5.15. The van der Waals surface area contributed by atoms with Crippen LogP contribution in [-0.2, 0) is 0 Å². The van der Waals surface area contributed by atoms with Gasteiger partial charge in [-0.05, 0) is 32.1 Å². The van der Waals surface area contributed by atoms with E-state index >= 15 is 0 Å². The van der Waals surface area contributed by atoms with Crippen LogP contribution in [0.5, 0.6) is 5.88 Å². The number of nitrogens with zero attached hydrogens (tertiary/aromatic N) is 3. The minimum Gasteiger partial charge on any atom is -0.493 e. The van der Waals surface area contributed by atoms with Gasteiger partial charge in [-0.1, -0.05) is 11.3 Å². The number of aromatic nitrogens is 2. The van der Waals surface area contributed by atoms with Gasteiger partial charge >= 0.3 is 4.87 Å². The van der Waals surface area contributed by atoms with Crippen molar-refractivity contribution in [3.05, 3.63) is 38.6 Å². The summed E-state index contributed by atoms with van der Waals surface area (Å²) in [6.45, 7) is 3.72. The van der Waals surface area contributed by atoms with Crippen LogP contribution < -0.4 is 4.87 Å². The third-order valence-corrected chi connectivity index (χ3v) is 3.94. The second kappa shape index (κ2) is 4.72. The van der Waals surface area contributed by atoms with Gasteiger partial charge in [0.15, 0.2) is 0 Å². The molecule has 0 amide bonds. The number of thiazole rings is 1. The Hall–Kier alpha value is -2.21. The third-order valence-electron chi connectivity index (χ3n) is 3.05. The summed E-state index contributed by atoms with van der Waals surface area (Å²) < 4.78 is 1.38. The van der Waals surface area contributed by atoms with E-state index in [-0.39, 0.29) is 16.8 Å². The Balaban J connectivity index is 2.10. The zero-order valence-corrected chi connectivity index (χ0v) is 11.9. The van der Waals surface area contributed by atoms with Gasteiger partial charge in [0.25, 0.3) is 0 Å². The fourth-order valence-corrected chi connectivity index (χ4v) is 3.07. The fraction of sp³-hybridized carbons (Fsp3) is 0.214. The lowest BCUT2D eigenvalue weighted by Crippen LogP contribution is -2.14. The highest BCUT2D eigenvalue weighted by Gasteiger charge is 2.18. The van der Waals surface area contributed by atoms with E-state index in [0.717, 1.165) is 28.3 Å². The van der Waals surface area contributed by atoms with Crippen molar-refractivity contribution in [1.82, 2.24) is 9.55 Å². The van der Waals surface area contributed by atoms with Crippen LogP contribution in [0.2, 0.25) is 0 Å². The minimum absolute atomic E-state index is 0.000260. The predicted octanol–water partition coefficient (Wildman–Crippen LogP) is 2.85. The first-order valence-corrected chi connectivity index (χ1v) is 7.05. The summed E-state index contributed by atoms with van der Waals surface area (Å²) in [4.78, 5) is 20.8. The number of allylic oxidation sites excluding steroid dienone is 1. The number of pyridine rings is 1. The summed E-state index contributed by atoms with van der Waals surface area (Å²) in [6, 6.07) is 3.62. The molecule has 0 fully saturated rings. The second-order valence-electron chi connectivity index (χ2n) is 4.75. The van der Waals surface area contributed by atoms with Crippen LogP contribution in [0.3, 0.4) is 0 Å². The molecule has 0 unspecified atom stereocenters. The van der Waals surface area contributed by atoms with E-state index in [1.54, 1.807) is 18.5 Å². The first kappa shape index (κ1) is 12.8. The Morgan fingerprint density at radius 2 is 2.25 bits per heavy atom. The maximum Gasteiger partial charge on any atom is 0.310 e. The monoisotopic (exact) mass is 287 g/mol. The third kappa shape index (κ3) is 1.98. The highest BCUT2D eigenvalue weighted by Crippen LogP contribution is 2.33. The molecule has 2 aromatic heterocycles. The maximum absolute atomic E-state index is 11.9. The van der Waals surface area contributed by atoms with Crippen molar-refractivity contribution in [3.63, 3.8) is 0 Å². The SMILES string of the molecule is CC(C)n1c(O)c(/C=C2\C=Nc3cccnc32)sc1=O. The Morgan fingerprint density at radius 1 is 1.45 bits per heavy atom. The fourth-order valence-electron chi connectivity index (χ4n) is 2.11. The average molecular weight is 287 g/mol. The molecule has 1 N–H and O–H groups in total. The van der Waals surface area contributed by atoms with Crippen molar-refractivity contribution in [3.8, 4) is 5.88 Å². The number of hydrogen-bond acceptors (Lipinski definition) is 5. The molecule has 20 heavy (non-hydrogen) atoms. The molecular formula is C14H13N3O2S. The van der Waals surface area contributed by atoms with Crippen LogP contribution in [0.15, 0.2) is 28.1 Å². The maximum atomic E-state index is 11.9. The highest BCUT2D eigenvalue weighted by atomic mass is 32.1. The molecule has 0 radical (unpaired) electrons. The Kier molecular flexibility index (Phi) is 3.02. The van der Waals surface area contributed by atoms with Gasteiger partial charge in [0.1, 0.15) is 0 Å². The second-order valence-corrected chi connectivity index (χ2v) is 5.74. The lowest BCUT2D eigenvalue weighted by Gasteiger charge is -2.06. The van der Waals surface area contributed by atoms with Gasteiger partial charge in [-0.2, -0.15) is 0 Å². The van der Waals surface area contributed by atoms with Gasteiger partial charge < -0.3 is 5.11 Å². The van der Waals surface area contributed by atoms with Gasteiger partial charge in [0.05, 0.1) is 16.3 Å². The molecule has 2 aromatic rings. The van der Waals surface area contributed by atoms with Gasteiger partial charge in [-0.3, -0.25) is 19.3 Å². The first-order valence-electron chi connectivity index (χ1n) is 6.23. The molecule has 0 spiro atoms. The summed E-state index contributed by atoms with van der Waals surface area (Å²) in [7, 11) is 0. The smallest absolute Gasteiger partial charge is 0.310 e. The lowest BCUT2D eigenvalue weighted by atomic mass is 10.2. The van der Waals surface area contributed by atoms with E-state index in [2.05, 4.69) is 9.98 Å². The standard InChI is InChI=1S/C14H13N3O2S/c1-8(2)17-13(18)11(20-14(17)19)6-9-7-16-10-4-3-5-15-12(9)10/h3-8,18H,1-2H3/b9-6+. The molecule has 0 aliphatic carbocycles. The number of rotatable bonds is 2. The summed E-state index contributed by atoms with van der Waals surface area (Å²) in [5, 5.41) is 10.2. The topological polar surface area (TPSA) is 67.5 Å². The largest absolute Gasteiger partial charge is 0.493 e. The van der Waals surface area contributed by atoms with Crippen molar-refractivity contribution < 1.29 is 5.11 Å². The molecule has 0 saturated heterocycles. The van der Waals surface area contributed by atoms with Crippen LogP contribution >= 0.6 is 11.3 Å². The van der Waals surface area contributed by atoms with E-state index in [9.17, 15) is 9.90 Å². The van der Waals surface area contributed by atoms with Gasteiger partial charge in [0, 0.05) is 24.0 Å². The summed E-state index contributed by atoms with van der Waals surface area (Å²) in [5.74, 6) is 0.000260. The first-order chi connectivity index (χ1) is 9.58. The summed E-state index contributed by atoms with van der Waals surface area (Å²) >= 11 is 1.02. The molecule has 3 heterocycles. The normalized spacial score (nSPS) is 15.2. The summed E-state index contributed by atoms with van der Waals surface area (Å²) in [5.41, 5.74) is 2.37. The highest BCUT2D eigenvalue weighted by molar-refractivity contribution is 7.10. The van der Waals surface area contributed by atoms with Gasteiger partial charge in [0.2, 0.25) is 5.88 Å². The average Bonchev–Trinajstić information content (AvgIpc) is 2.93. The zero-order valence-electron chi connectivity index (χ0n) is 11.1. The quantitative estimate of drug-likeness (QED) is 0.923. The Morgan fingerprint density at radius 3 is 2.95 bits per heavy atom. The molecule has 1 aliphatic rings. The molecule has 3 rings (SSSR count). The van der Waals surface area contributed by atoms with Crippen LogP contribution in [0.1, 0.15) is 30.5 Å². The molecule has 0 atom stereocenters. The van der Waals surface area contributed by atoms with E-state index in [1.165, 1.54) is 4.57 Å². The van der Waals surface area contributed by atoms with E-state index in [0.29, 0.717) is 4.88 Å². The lowest BCUT2D eigenvalue weighted by molar-refractivity contribution is 0.395. The molecular weight excluding hydrogens is 274 g/mol. The van der Waals surface area contributed by atoms with Crippen LogP contribution in [0.4, 0.5) is 5.69 Å². The van der Waals surface area contributed by atoms with E-state index in [1.807, 2.05) is 26.0 Å². The molecule has 0 aromatic carbocycles. The molecule has 1 aliphatic heterocycles. The van der Waals surface area contributed by atoms with Crippen molar-refractivity contribution in [2.24, 2.45) is 4.99 Å². The van der Waals surface area contributed by atoms with E-state index < -0.39 is 0 Å². The van der Waals surface area contributed by atoms with Crippen molar-refractivity contribution in [2.45, 2.75) is 19.9 Å². The predicted molar refractivity (Wildman–Crippen MR) is 80.9 cm³/mol. The van der Waals surface area contributed by atoms with Crippen molar-refractivity contribution >= 4 is 34.9 Å². The number of fused-ring (bicyclic) bond motifs is 1. The Labute approximate surface area is 119 Å². The van der Waals surface area contributed by atoms with Crippen LogP contribution in [-0.4, -0.2) is 20.9 Å². The number of hydrogen-bond donors (Lipinski definition) is 1. The van der Waals surface area contributed by atoms with Crippen LogP contribution in [0.25, 0.3) is 11.6 Å².